The summed E-state index contributed by atoms with van der Waals surface area (Å²) in [5.74, 6) is -0.0177. The SMILES string of the molecule is N#C[C@@]1(C(=O)c2ccccc2)CC1c1ccccc1. The number of benzene rings is 2. The highest BCUT2D eigenvalue weighted by molar-refractivity contribution is 6.05. The van der Waals surface area contributed by atoms with Gasteiger partial charge in [-0.3, -0.25) is 4.79 Å². The molecular weight excluding hydrogens is 234 g/mol. The average molecular weight is 247 g/mol. The predicted molar refractivity (Wildman–Crippen MR) is 72.6 cm³/mol. The van der Waals surface area contributed by atoms with Gasteiger partial charge in [0, 0.05) is 11.5 Å². The molecule has 2 aromatic carbocycles. The number of hydrogen-bond donors (Lipinski definition) is 0. The summed E-state index contributed by atoms with van der Waals surface area (Å²) in [6.45, 7) is 0. The van der Waals surface area contributed by atoms with Gasteiger partial charge in [-0.2, -0.15) is 5.26 Å². The largest absolute Gasteiger partial charge is 0.292 e. The molecule has 1 unspecified atom stereocenters. The molecule has 0 spiro atoms. The van der Waals surface area contributed by atoms with E-state index in [9.17, 15) is 10.1 Å². The van der Waals surface area contributed by atoms with Crippen molar-refractivity contribution in [2.75, 3.05) is 0 Å². The summed E-state index contributed by atoms with van der Waals surface area (Å²) >= 11 is 0. The lowest BCUT2D eigenvalue weighted by Gasteiger charge is -2.08. The van der Waals surface area contributed by atoms with E-state index in [1.807, 2.05) is 48.5 Å². The van der Waals surface area contributed by atoms with Gasteiger partial charge in [-0.15, -0.1) is 0 Å². The third kappa shape index (κ3) is 1.84. The maximum Gasteiger partial charge on any atom is 0.183 e. The molecule has 1 aliphatic rings. The minimum atomic E-state index is -0.858. The fourth-order valence-electron chi connectivity index (χ4n) is 2.62. The molecule has 2 aromatic rings. The third-order valence-corrected chi connectivity index (χ3v) is 3.80. The van der Waals surface area contributed by atoms with E-state index in [-0.39, 0.29) is 11.7 Å². The quantitative estimate of drug-likeness (QED) is 0.778. The number of Topliss-reactive ketones (excluding diaryl/α,β-unsaturated/α-hetero) is 1. The van der Waals surface area contributed by atoms with Gasteiger partial charge in [-0.1, -0.05) is 60.7 Å². The second-order valence-electron chi connectivity index (χ2n) is 4.95. The number of nitrogens with zero attached hydrogens (tertiary/aromatic N) is 1. The lowest BCUT2D eigenvalue weighted by molar-refractivity contribution is 0.0931. The van der Waals surface area contributed by atoms with Crippen LogP contribution in [0.1, 0.15) is 28.3 Å². The highest BCUT2D eigenvalue weighted by atomic mass is 16.1. The van der Waals surface area contributed by atoms with Crippen LogP contribution in [0.25, 0.3) is 0 Å². The van der Waals surface area contributed by atoms with Gasteiger partial charge in [0.1, 0.15) is 5.41 Å². The normalized spacial score (nSPS) is 24.5. The highest BCUT2D eigenvalue weighted by Gasteiger charge is 2.61. The maximum atomic E-state index is 12.5. The Labute approximate surface area is 112 Å². The second kappa shape index (κ2) is 4.37. The minimum absolute atomic E-state index is 0.0337. The van der Waals surface area contributed by atoms with Crippen LogP contribution in [0.5, 0.6) is 0 Å². The molecule has 0 amide bonds. The Morgan fingerprint density at radius 1 is 1.05 bits per heavy atom. The van der Waals surface area contributed by atoms with Crippen LogP contribution in [-0.2, 0) is 0 Å². The van der Waals surface area contributed by atoms with Crippen molar-refractivity contribution in [3.05, 3.63) is 71.8 Å². The lowest BCUT2D eigenvalue weighted by Crippen LogP contribution is -2.16. The van der Waals surface area contributed by atoms with Crippen molar-refractivity contribution < 1.29 is 4.79 Å². The number of hydrogen-bond acceptors (Lipinski definition) is 2. The van der Waals surface area contributed by atoms with Gasteiger partial charge >= 0.3 is 0 Å². The molecule has 1 saturated carbocycles. The number of nitriles is 1. The molecule has 2 nitrogen and oxygen atoms in total. The van der Waals surface area contributed by atoms with Crippen molar-refractivity contribution in [3.8, 4) is 6.07 Å². The van der Waals surface area contributed by atoms with Gasteiger partial charge in [0.05, 0.1) is 6.07 Å². The lowest BCUT2D eigenvalue weighted by atomic mass is 9.91. The first kappa shape index (κ1) is 11.7. The summed E-state index contributed by atoms with van der Waals surface area (Å²) in [6, 6.07) is 21.2. The second-order valence-corrected chi connectivity index (χ2v) is 4.95. The molecule has 19 heavy (non-hydrogen) atoms. The summed E-state index contributed by atoms with van der Waals surface area (Å²) in [6.07, 6.45) is 0.626. The molecule has 0 saturated heterocycles. The van der Waals surface area contributed by atoms with Gasteiger partial charge < -0.3 is 0 Å². The minimum Gasteiger partial charge on any atom is -0.292 e. The average Bonchev–Trinajstić information content (AvgIpc) is 3.24. The Bertz CT molecular complexity index is 642. The maximum absolute atomic E-state index is 12.5. The fourth-order valence-corrected chi connectivity index (χ4v) is 2.62. The number of carbonyl (C=O) groups is 1. The van der Waals surface area contributed by atoms with Crippen molar-refractivity contribution in [1.29, 1.82) is 5.26 Å². The van der Waals surface area contributed by atoms with Crippen LogP contribution < -0.4 is 0 Å². The molecule has 1 fully saturated rings. The molecule has 0 radical (unpaired) electrons. The Morgan fingerprint density at radius 2 is 1.63 bits per heavy atom. The molecule has 0 bridgehead atoms. The molecule has 1 aliphatic carbocycles. The van der Waals surface area contributed by atoms with Gasteiger partial charge in [0.15, 0.2) is 5.78 Å². The van der Waals surface area contributed by atoms with E-state index in [2.05, 4.69) is 6.07 Å². The first-order chi connectivity index (χ1) is 9.28. The van der Waals surface area contributed by atoms with Gasteiger partial charge in [-0.25, -0.2) is 0 Å². The van der Waals surface area contributed by atoms with Crippen molar-refractivity contribution >= 4 is 5.78 Å². The summed E-state index contributed by atoms with van der Waals surface area (Å²) in [4.78, 5) is 12.5. The van der Waals surface area contributed by atoms with Crippen LogP contribution in [0, 0.1) is 16.7 Å². The molecule has 2 heteroatoms. The highest BCUT2D eigenvalue weighted by Crippen LogP contribution is 2.60. The number of ketones is 1. The summed E-state index contributed by atoms with van der Waals surface area (Å²) in [5.41, 5.74) is 0.846. The van der Waals surface area contributed by atoms with Gasteiger partial charge in [0.2, 0.25) is 0 Å². The standard InChI is InChI=1S/C17H13NO/c18-12-17(16(19)14-9-5-2-6-10-14)11-15(17)13-7-3-1-4-8-13/h1-10,15H,11H2/t15?,17-/m0/s1. The molecule has 3 rings (SSSR count). The van der Waals surface area contributed by atoms with E-state index in [1.165, 1.54) is 0 Å². The zero-order chi connectivity index (χ0) is 13.3. The topological polar surface area (TPSA) is 40.9 Å². The summed E-state index contributed by atoms with van der Waals surface area (Å²) in [5, 5.41) is 9.45. The monoisotopic (exact) mass is 247 g/mol. The third-order valence-electron chi connectivity index (χ3n) is 3.80. The fraction of sp³-hybridized carbons (Fsp3) is 0.176. The molecule has 0 aromatic heterocycles. The first-order valence-electron chi connectivity index (χ1n) is 6.34. The zero-order valence-corrected chi connectivity index (χ0v) is 10.4. The van der Waals surface area contributed by atoms with Crippen molar-refractivity contribution in [3.63, 3.8) is 0 Å². The Hall–Kier alpha value is -2.40. The van der Waals surface area contributed by atoms with Crippen LogP contribution in [0.2, 0.25) is 0 Å². The van der Waals surface area contributed by atoms with Gasteiger partial charge in [-0.05, 0) is 12.0 Å². The van der Waals surface area contributed by atoms with E-state index in [0.29, 0.717) is 12.0 Å². The van der Waals surface area contributed by atoms with E-state index >= 15 is 0 Å². The molecule has 0 heterocycles. The van der Waals surface area contributed by atoms with E-state index in [4.69, 9.17) is 0 Å². The molecule has 2 atom stereocenters. The first-order valence-corrected chi connectivity index (χ1v) is 6.34. The Balaban J connectivity index is 1.92. The zero-order valence-electron chi connectivity index (χ0n) is 10.4. The Morgan fingerprint density at radius 3 is 2.21 bits per heavy atom. The number of carbonyl (C=O) groups excluding carboxylic acids is 1. The van der Waals surface area contributed by atoms with Crippen molar-refractivity contribution in [2.24, 2.45) is 5.41 Å². The van der Waals surface area contributed by atoms with Crippen LogP contribution >= 0.6 is 0 Å². The van der Waals surface area contributed by atoms with E-state index in [0.717, 1.165) is 5.56 Å². The summed E-state index contributed by atoms with van der Waals surface area (Å²) in [7, 11) is 0. The van der Waals surface area contributed by atoms with Crippen molar-refractivity contribution in [1.82, 2.24) is 0 Å². The van der Waals surface area contributed by atoms with E-state index in [1.54, 1.807) is 12.1 Å². The number of rotatable bonds is 3. The molecular formula is C17H13NO. The van der Waals surface area contributed by atoms with Crippen LogP contribution in [0.3, 0.4) is 0 Å². The van der Waals surface area contributed by atoms with Gasteiger partial charge in [0.25, 0.3) is 0 Å². The Kier molecular flexibility index (Phi) is 2.68. The van der Waals surface area contributed by atoms with Crippen LogP contribution in [-0.4, -0.2) is 5.78 Å². The van der Waals surface area contributed by atoms with Crippen LogP contribution in [0.15, 0.2) is 60.7 Å². The van der Waals surface area contributed by atoms with E-state index < -0.39 is 5.41 Å². The smallest absolute Gasteiger partial charge is 0.183 e. The van der Waals surface area contributed by atoms with Crippen molar-refractivity contribution in [2.45, 2.75) is 12.3 Å². The molecule has 92 valence electrons. The van der Waals surface area contributed by atoms with Crippen LogP contribution in [0.4, 0.5) is 0 Å². The molecule has 0 aliphatic heterocycles. The summed E-state index contributed by atoms with van der Waals surface area (Å²) < 4.78 is 0. The predicted octanol–water partition coefficient (Wildman–Crippen LogP) is 3.57. The molecule has 0 N–H and O–H groups in total.